The van der Waals surface area contributed by atoms with Gasteiger partial charge in [0.2, 0.25) is 0 Å². The topological polar surface area (TPSA) is 42.4 Å². The lowest BCUT2D eigenvalue weighted by atomic mass is 10.2. The van der Waals surface area contributed by atoms with E-state index in [1.54, 1.807) is 36.5 Å². The molecule has 0 fully saturated rings. The fraction of sp³-hybridized carbons (Fsp3) is 0.214. The average Bonchev–Trinajstić information content (AvgIpc) is 2.37. The monoisotopic (exact) mass is 297 g/mol. The van der Waals surface area contributed by atoms with Crippen molar-refractivity contribution in [3.8, 4) is 11.5 Å². The summed E-state index contributed by atoms with van der Waals surface area (Å²) in [6.45, 7) is 1.89. The number of aliphatic hydroxyl groups excluding tert-OH is 1. The van der Waals surface area contributed by atoms with Crippen LogP contribution in [0.3, 0.4) is 0 Å². The second-order valence-electron chi connectivity index (χ2n) is 4.05. The Hall–Kier alpha value is -1.29. The zero-order chi connectivity index (χ0) is 13.8. The van der Waals surface area contributed by atoms with E-state index in [9.17, 15) is 5.11 Å². The first-order chi connectivity index (χ1) is 9.08. The Kier molecular flexibility index (Phi) is 4.64. The molecule has 2 rings (SSSR count). The van der Waals surface area contributed by atoms with Crippen molar-refractivity contribution in [1.29, 1.82) is 0 Å². The molecule has 0 amide bonds. The van der Waals surface area contributed by atoms with Gasteiger partial charge in [-0.15, -0.1) is 0 Å². The van der Waals surface area contributed by atoms with Crippen molar-refractivity contribution in [2.24, 2.45) is 0 Å². The van der Waals surface area contributed by atoms with Crippen molar-refractivity contribution in [2.45, 2.75) is 19.4 Å². The van der Waals surface area contributed by atoms with Gasteiger partial charge in [-0.25, -0.2) is 0 Å². The highest BCUT2D eigenvalue weighted by Crippen LogP contribution is 2.28. The quantitative estimate of drug-likeness (QED) is 0.895. The number of rotatable bonds is 4. The summed E-state index contributed by atoms with van der Waals surface area (Å²) in [5, 5.41) is 10.7. The molecule has 1 heterocycles. The van der Waals surface area contributed by atoms with E-state index < -0.39 is 6.10 Å². The fourth-order valence-corrected chi connectivity index (χ4v) is 2.09. The predicted molar refractivity (Wildman–Crippen MR) is 76.0 cm³/mol. The summed E-state index contributed by atoms with van der Waals surface area (Å²) in [5.74, 6) is 1.11. The number of aromatic nitrogens is 1. The van der Waals surface area contributed by atoms with Crippen LogP contribution in [-0.2, 0) is 0 Å². The summed E-state index contributed by atoms with van der Waals surface area (Å²) >= 11 is 11.8. The van der Waals surface area contributed by atoms with Crippen molar-refractivity contribution < 1.29 is 9.84 Å². The number of hydrogen-bond donors (Lipinski definition) is 1. The molecule has 19 heavy (non-hydrogen) atoms. The number of benzene rings is 1. The highest BCUT2D eigenvalue weighted by atomic mass is 35.5. The van der Waals surface area contributed by atoms with Crippen LogP contribution in [0.1, 0.15) is 25.1 Å². The summed E-state index contributed by atoms with van der Waals surface area (Å²) < 4.78 is 5.60. The van der Waals surface area contributed by atoms with Gasteiger partial charge in [0.15, 0.2) is 0 Å². The van der Waals surface area contributed by atoms with Crippen LogP contribution in [-0.4, -0.2) is 10.1 Å². The van der Waals surface area contributed by atoms with Crippen molar-refractivity contribution in [1.82, 2.24) is 4.98 Å². The molecule has 0 saturated carbocycles. The molecule has 1 aromatic heterocycles. The van der Waals surface area contributed by atoms with Crippen LogP contribution in [0, 0.1) is 0 Å². The van der Waals surface area contributed by atoms with E-state index in [-0.39, 0.29) is 0 Å². The molecule has 0 aliphatic rings. The maximum Gasteiger partial charge on any atom is 0.145 e. The van der Waals surface area contributed by atoms with E-state index in [2.05, 4.69) is 4.98 Å². The third-order valence-electron chi connectivity index (χ3n) is 2.56. The van der Waals surface area contributed by atoms with Gasteiger partial charge in [0.1, 0.15) is 11.5 Å². The minimum absolute atomic E-state index is 0.508. The number of nitrogens with zero attached hydrogens (tertiary/aromatic N) is 1. The molecule has 0 radical (unpaired) electrons. The maximum atomic E-state index is 9.64. The van der Waals surface area contributed by atoms with Gasteiger partial charge < -0.3 is 9.84 Å². The van der Waals surface area contributed by atoms with Crippen LogP contribution in [0.4, 0.5) is 0 Å². The van der Waals surface area contributed by atoms with E-state index in [1.165, 1.54) is 0 Å². The third-order valence-corrected chi connectivity index (χ3v) is 3.00. The highest BCUT2D eigenvalue weighted by Gasteiger charge is 2.07. The lowest BCUT2D eigenvalue weighted by molar-refractivity contribution is 0.169. The molecule has 3 nitrogen and oxygen atoms in total. The maximum absolute atomic E-state index is 9.64. The zero-order valence-electron chi connectivity index (χ0n) is 10.3. The van der Waals surface area contributed by atoms with Gasteiger partial charge >= 0.3 is 0 Å². The summed E-state index contributed by atoms with van der Waals surface area (Å²) in [5.41, 5.74) is 0.624. The molecule has 2 aromatic rings. The minimum Gasteiger partial charge on any atom is -0.456 e. The van der Waals surface area contributed by atoms with Gasteiger partial charge in [-0.05, 0) is 36.8 Å². The molecule has 0 spiro atoms. The standard InChI is InChI=1S/C14H13Cl2NO2/c1-2-14(18)13-4-3-11(8-17-13)19-12-6-9(15)5-10(16)7-12/h3-8,14,18H,2H2,1H3/t14-/m0/s1. The van der Waals surface area contributed by atoms with Gasteiger partial charge in [-0.2, -0.15) is 0 Å². The van der Waals surface area contributed by atoms with Gasteiger partial charge in [0.05, 0.1) is 18.0 Å². The summed E-state index contributed by atoms with van der Waals surface area (Å²) in [6.07, 6.45) is 1.63. The van der Waals surface area contributed by atoms with Gasteiger partial charge in [0.25, 0.3) is 0 Å². The number of ether oxygens (including phenoxy) is 1. The zero-order valence-corrected chi connectivity index (χ0v) is 11.8. The minimum atomic E-state index is -0.547. The van der Waals surface area contributed by atoms with Gasteiger partial charge in [-0.3, -0.25) is 4.98 Å². The SMILES string of the molecule is CC[C@H](O)c1ccc(Oc2cc(Cl)cc(Cl)c2)cn1. The molecule has 1 aromatic carbocycles. The molecule has 0 aliphatic carbocycles. The summed E-state index contributed by atoms with van der Waals surface area (Å²) in [7, 11) is 0. The lowest BCUT2D eigenvalue weighted by Crippen LogP contribution is -1.98. The van der Waals surface area contributed by atoms with E-state index >= 15 is 0 Å². The third kappa shape index (κ3) is 3.83. The first kappa shape index (κ1) is 14.1. The molecule has 1 N–H and O–H groups in total. The van der Waals surface area contributed by atoms with E-state index in [0.29, 0.717) is 33.7 Å². The molecular formula is C14H13Cl2NO2. The van der Waals surface area contributed by atoms with Crippen molar-refractivity contribution in [3.63, 3.8) is 0 Å². The molecule has 0 bridgehead atoms. The molecule has 1 atom stereocenters. The van der Waals surface area contributed by atoms with E-state index in [4.69, 9.17) is 27.9 Å². The molecule has 5 heteroatoms. The lowest BCUT2D eigenvalue weighted by Gasteiger charge is -2.09. The van der Waals surface area contributed by atoms with E-state index in [0.717, 1.165) is 0 Å². The Morgan fingerprint density at radius 3 is 2.37 bits per heavy atom. The number of hydrogen-bond acceptors (Lipinski definition) is 3. The number of aliphatic hydroxyl groups is 1. The van der Waals surface area contributed by atoms with Crippen LogP contribution in [0.25, 0.3) is 0 Å². The smallest absolute Gasteiger partial charge is 0.145 e. The number of halogens is 2. The average molecular weight is 298 g/mol. The first-order valence-corrected chi connectivity index (χ1v) is 6.62. The molecular weight excluding hydrogens is 285 g/mol. The Morgan fingerprint density at radius 1 is 1.16 bits per heavy atom. The Labute approximate surface area is 121 Å². The van der Waals surface area contributed by atoms with Crippen molar-refractivity contribution in [3.05, 3.63) is 52.3 Å². The Morgan fingerprint density at radius 2 is 1.84 bits per heavy atom. The summed E-state index contributed by atoms with van der Waals surface area (Å²) in [4.78, 5) is 4.15. The van der Waals surface area contributed by atoms with Crippen LogP contribution < -0.4 is 4.74 Å². The van der Waals surface area contributed by atoms with Crippen molar-refractivity contribution >= 4 is 23.2 Å². The number of pyridine rings is 1. The van der Waals surface area contributed by atoms with Gasteiger partial charge in [0, 0.05) is 10.0 Å². The van der Waals surface area contributed by atoms with Crippen LogP contribution in [0.15, 0.2) is 36.5 Å². The highest BCUT2D eigenvalue weighted by molar-refractivity contribution is 6.34. The Balaban J connectivity index is 2.15. The van der Waals surface area contributed by atoms with Crippen LogP contribution >= 0.6 is 23.2 Å². The first-order valence-electron chi connectivity index (χ1n) is 5.86. The fourth-order valence-electron chi connectivity index (χ4n) is 1.58. The molecule has 0 unspecified atom stereocenters. The molecule has 100 valence electrons. The van der Waals surface area contributed by atoms with Gasteiger partial charge in [-0.1, -0.05) is 30.1 Å². The normalized spacial score (nSPS) is 12.2. The van der Waals surface area contributed by atoms with Crippen LogP contribution in [0.5, 0.6) is 11.5 Å². The Bertz CT molecular complexity index is 538. The van der Waals surface area contributed by atoms with E-state index in [1.807, 2.05) is 6.92 Å². The molecule has 0 saturated heterocycles. The van der Waals surface area contributed by atoms with Crippen molar-refractivity contribution in [2.75, 3.05) is 0 Å². The van der Waals surface area contributed by atoms with Crippen LogP contribution in [0.2, 0.25) is 10.0 Å². The predicted octanol–water partition coefficient (Wildman–Crippen LogP) is 4.62. The summed E-state index contributed by atoms with van der Waals surface area (Å²) in [6, 6.07) is 8.45. The second-order valence-corrected chi connectivity index (χ2v) is 4.92. The molecule has 0 aliphatic heterocycles. The second kappa shape index (κ2) is 6.24. The largest absolute Gasteiger partial charge is 0.456 e.